The van der Waals surface area contributed by atoms with E-state index in [1.165, 1.54) is 19.2 Å². The van der Waals surface area contributed by atoms with Crippen molar-refractivity contribution < 1.29 is 29.0 Å². The maximum Gasteiger partial charge on any atom is 0.407 e. The summed E-state index contributed by atoms with van der Waals surface area (Å²) in [5.41, 5.74) is 4.76. The molecule has 3 aromatic rings. The highest BCUT2D eigenvalue weighted by molar-refractivity contribution is 14.1. The molecule has 4 rings (SSSR count). The van der Waals surface area contributed by atoms with Crippen molar-refractivity contribution in [1.29, 1.82) is 0 Å². The van der Waals surface area contributed by atoms with E-state index < -0.39 is 24.0 Å². The Balaban J connectivity index is 1.42. The summed E-state index contributed by atoms with van der Waals surface area (Å²) in [5, 5.41) is 14.4. The summed E-state index contributed by atoms with van der Waals surface area (Å²) < 4.78 is 11.3. The highest BCUT2D eigenvalue weighted by Gasteiger charge is 2.30. The maximum absolute atomic E-state index is 12.8. The molecule has 0 spiro atoms. The van der Waals surface area contributed by atoms with Crippen LogP contribution < -0.4 is 10.6 Å². The predicted octanol–water partition coefficient (Wildman–Crippen LogP) is 4.48. The molecule has 1 aliphatic carbocycles. The fourth-order valence-electron chi connectivity index (χ4n) is 4.11. The Bertz CT molecular complexity index is 1230. The molecule has 0 aromatic heterocycles. The third-order valence-electron chi connectivity index (χ3n) is 5.76. The minimum absolute atomic E-state index is 0.0357. The van der Waals surface area contributed by atoms with Gasteiger partial charge in [0, 0.05) is 16.6 Å². The van der Waals surface area contributed by atoms with E-state index in [1.54, 1.807) is 6.07 Å². The highest BCUT2D eigenvalue weighted by atomic mass is 127. The van der Waals surface area contributed by atoms with E-state index in [9.17, 15) is 19.5 Å². The summed E-state index contributed by atoms with van der Waals surface area (Å²) in [6, 6.07) is 19.4. The molecule has 3 aromatic carbocycles. The van der Waals surface area contributed by atoms with Crippen LogP contribution in [0.4, 0.5) is 10.5 Å². The molecule has 3 N–H and O–H groups in total. The van der Waals surface area contributed by atoms with E-state index >= 15 is 0 Å². The van der Waals surface area contributed by atoms with E-state index in [0.717, 1.165) is 22.3 Å². The first-order valence-corrected chi connectivity index (χ1v) is 11.9. The van der Waals surface area contributed by atoms with Crippen molar-refractivity contribution in [2.24, 2.45) is 0 Å². The molecule has 0 fully saturated rings. The van der Waals surface area contributed by atoms with Crippen LogP contribution in [0, 0.1) is 3.57 Å². The Morgan fingerprint density at radius 3 is 2.23 bits per heavy atom. The fourth-order valence-corrected chi connectivity index (χ4v) is 4.58. The molecule has 180 valence electrons. The zero-order valence-electron chi connectivity index (χ0n) is 18.8. The number of hydrogen-bond acceptors (Lipinski definition) is 5. The lowest BCUT2D eigenvalue weighted by molar-refractivity contribution is -0.119. The van der Waals surface area contributed by atoms with Gasteiger partial charge < -0.3 is 25.2 Å². The van der Waals surface area contributed by atoms with Crippen molar-refractivity contribution in [3.8, 4) is 11.1 Å². The Labute approximate surface area is 215 Å². The summed E-state index contributed by atoms with van der Waals surface area (Å²) >= 11 is 1.99. The fraction of sp³-hybridized carbons (Fsp3) is 0.192. The number of ether oxygens (including phenoxy) is 2. The van der Waals surface area contributed by atoms with Crippen molar-refractivity contribution >= 4 is 46.2 Å². The van der Waals surface area contributed by atoms with Crippen molar-refractivity contribution in [3.05, 3.63) is 87.0 Å². The number of carbonyl (C=O) groups excluding carboxylic acids is 2. The summed E-state index contributed by atoms with van der Waals surface area (Å²) in [4.78, 5) is 36.7. The van der Waals surface area contributed by atoms with Gasteiger partial charge in [0.2, 0.25) is 5.91 Å². The number of carboxylic acid groups (broad SMARTS) is 1. The topological polar surface area (TPSA) is 114 Å². The summed E-state index contributed by atoms with van der Waals surface area (Å²) in [7, 11) is 1.41. The molecule has 0 saturated carbocycles. The van der Waals surface area contributed by atoms with Crippen molar-refractivity contribution in [2.45, 2.75) is 12.0 Å². The van der Waals surface area contributed by atoms with Crippen molar-refractivity contribution in [3.63, 3.8) is 0 Å². The van der Waals surface area contributed by atoms with Gasteiger partial charge in [-0.3, -0.25) is 4.79 Å². The molecule has 0 bridgehead atoms. The van der Waals surface area contributed by atoms with Gasteiger partial charge in [-0.05, 0) is 63.0 Å². The Kier molecular flexibility index (Phi) is 7.67. The second kappa shape index (κ2) is 10.9. The molecule has 2 amide bonds. The van der Waals surface area contributed by atoms with E-state index in [1.807, 2.05) is 71.1 Å². The van der Waals surface area contributed by atoms with Crippen LogP contribution in [-0.2, 0) is 14.3 Å². The number of benzene rings is 3. The number of amides is 2. The van der Waals surface area contributed by atoms with Crippen LogP contribution in [-0.4, -0.2) is 49.4 Å². The van der Waals surface area contributed by atoms with Crippen LogP contribution in [0.25, 0.3) is 11.1 Å². The van der Waals surface area contributed by atoms with Crippen LogP contribution in [0.2, 0.25) is 0 Å². The number of carbonyl (C=O) groups is 3. The number of aromatic carboxylic acids is 1. The molecular formula is C26H23IN2O6. The molecular weight excluding hydrogens is 563 g/mol. The van der Waals surface area contributed by atoms with Crippen molar-refractivity contribution in [1.82, 2.24) is 5.32 Å². The molecule has 0 saturated heterocycles. The van der Waals surface area contributed by atoms with Gasteiger partial charge in [-0.25, -0.2) is 9.59 Å². The molecule has 8 nitrogen and oxygen atoms in total. The van der Waals surface area contributed by atoms with Crippen LogP contribution in [0.1, 0.15) is 27.4 Å². The molecule has 35 heavy (non-hydrogen) atoms. The van der Waals surface area contributed by atoms with Gasteiger partial charge in [0.1, 0.15) is 12.6 Å². The summed E-state index contributed by atoms with van der Waals surface area (Å²) in [5.74, 6) is -1.77. The van der Waals surface area contributed by atoms with E-state index in [4.69, 9.17) is 9.47 Å². The van der Waals surface area contributed by atoms with Crippen molar-refractivity contribution in [2.75, 3.05) is 25.6 Å². The smallest absolute Gasteiger partial charge is 0.407 e. The maximum atomic E-state index is 12.8. The van der Waals surface area contributed by atoms with Gasteiger partial charge in [0.05, 0.1) is 17.9 Å². The van der Waals surface area contributed by atoms with Gasteiger partial charge >= 0.3 is 12.1 Å². The van der Waals surface area contributed by atoms with Crippen LogP contribution in [0.5, 0.6) is 0 Å². The first-order chi connectivity index (χ1) is 16.9. The molecule has 0 unspecified atom stereocenters. The zero-order chi connectivity index (χ0) is 24.9. The van der Waals surface area contributed by atoms with Gasteiger partial charge in [-0.2, -0.15) is 0 Å². The molecule has 0 radical (unpaired) electrons. The van der Waals surface area contributed by atoms with Crippen LogP contribution >= 0.6 is 22.6 Å². The number of nitrogens with one attached hydrogen (secondary N) is 2. The van der Waals surface area contributed by atoms with Gasteiger partial charge in [0.25, 0.3) is 0 Å². The van der Waals surface area contributed by atoms with Gasteiger partial charge in [-0.1, -0.05) is 48.5 Å². The third kappa shape index (κ3) is 5.46. The Hall–Kier alpha value is -3.44. The molecule has 1 atom stereocenters. The Morgan fingerprint density at radius 1 is 1.00 bits per heavy atom. The first-order valence-electron chi connectivity index (χ1n) is 10.8. The number of methoxy groups -OCH3 is 1. The number of anilines is 1. The normalized spacial score (nSPS) is 12.9. The number of halogens is 1. The van der Waals surface area contributed by atoms with Crippen LogP contribution in [0.3, 0.4) is 0 Å². The predicted molar refractivity (Wildman–Crippen MR) is 139 cm³/mol. The monoisotopic (exact) mass is 586 g/mol. The number of rotatable bonds is 8. The lowest BCUT2D eigenvalue weighted by Crippen LogP contribution is -2.47. The van der Waals surface area contributed by atoms with E-state index in [0.29, 0.717) is 9.26 Å². The quantitative estimate of drug-likeness (QED) is 0.336. The van der Waals surface area contributed by atoms with Gasteiger partial charge in [0.15, 0.2) is 0 Å². The number of fused-ring (bicyclic) bond motifs is 3. The lowest BCUT2D eigenvalue weighted by atomic mass is 9.98. The molecule has 0 heterocycles. The van der Waals surface area contributed by atoms with E-state index in [2.05, 4.69) is 10.6 Å². The highest BCUT2D eigenvalue weighted by Crippen LogP contribution is 2.44. The first kappa shape index (κ1) is 24.7. The molecule has 1 aliphatic rings. The van der Waals surface area contributed by atoms with Crippen LogP contribution in [0.15, 0.2) is 66.7 Å². The third-order valence-corrected chi connectivity index (χ3v) is 6.70. The summed E-state index contributed by atoms with van der Waals surface area (Å²) in [6.45, 7) is 0.0188. The minimum Gasteiger partial charge on any atom is -0.478 e. The largest absolute Gasteiger partial charge is 0.478 e. The second-order valence-corrected chi connectivity index (χ2v) is 9.13. The number of carboxylic acids is 1. The number of alkyl carbamates (subject to hydrolysis) is 1. The Morgan fingerprint density at radius 2 is 1.63 bits per heavy atom. The molecule has 9 heteroatoms. The standard InChI is InChI=1S/C26H23IN2O6/c1-34-14-23(24(30)28-22-12-15(25(31)32)10-11-21(22)27)29-26(33)35-13-20-18-8-4-2-6-16(18)17-7-3-5-9-19(17)20/h2-12,20,23H,13-14H2,1H3,(H,28,30)(H,29,33)(H,31,32)/t23-/m0/s1. The average molecular weight is 586 g/mol. The zero-order valence-corrected chi connectivity index (χ0v) is 20.9. The SMILES string of the molecule is COC[C@H](NC(=O)OCC1c2ccccc2-c2ccccc21)C(=O)Nc1cc(C(=O)O)ccc1I. The minimum atomic E-state index is -1.11. The van der Waals surface area contributed by atoms with Gasteiger partial charge in [-0.15, -0.1) is 0 Å². The summed E-state index contributed by atoms with van der Waals surface area (Å²) in [6.07, 6.45) is -0.752. The molecule has 0 aliphatic heterocycles. The number of hydrogen-bond donors (Lipinski definition) is 3. The van der Waals surface area contributed by atoms with E-state index in [-0.39, 0.29) is 24.7 Å². The second-order valence-electron chi connectivity index (χ2n) is 7.97. The lowest BCUT2D eigenvalue weighted by Gasteiger charge is -2.19. The average Bonchev–Trinajstić information content (AvgIpc) is 3.17.